The molecule has 1 rings (SSSR count). The summed E-state index contributed by atoms with van der Waals surface area (Å²) in [4.78, 5) is 22.2. The van der Waals surface area contributed by atoms with Crippen molar-refractivity contribution in [3.63, 3.8) is 0 Å². The third kappa shape index (κ3) is 2.50. The lowest BCUT2D eigenvalue weighted by atomic mass is 10.1. The van der Waals surface area contributed by atoms with Gasteiger partial charge >= 0.3 is 5.97 Å². The summed E-state index contributed by atoms with van der Waals surface area (Å²) >= 11 is 0. The smallest absolute Gasteiger partial charge is 0.342 e. The highest BCUT2D eigenvalue weighted by atomic mass is 16.5. The zero-order valence-electron chi connectivity index (χ0n) is 9.06. The van der Waals surface area contributed by atoms with Crippen LogP contribution in [0.4, 0.5) is 0 Å². The fourth-order valence-electron chi connectivity index (χ4n) is 1.11. The molecule has 16 heavy (non-hydrogen) atoms. The summed E-state index contributed by atoms with van der Waals surface area (Å²) in [6.45, 7) is 3.02. The summed E-state index contributed by atoms with van der Waals surface area (Å²) < 4.78 is 4.76. The first-order valence-corrected chi connectivity index (χ1v) is 4.72. The van der Waals surface area contributed by atoms with Gasteiger partial charge in [0.2, 0.25) is 0 Å². The van der Waals surface area contributed by atoms with Crippen LogP contribution in [0.2, 0.25) is 0 Å². The molecule has 1 aromatic carbocycles. The molecule has 0 aliphatic heterocycles. The predicted molar refractivity (Wildman–Crippen MR) is 56.9 cm³/mol. The van der Waals surface area contributed by atoms with Crippen molar-refractivity contribution in [2.24, 2.45) is 5.73 Å². The van der Waals surface area contributed by atoms with E-state index in [1.807, 2.05) is 0 Å². The molecule has 86 valence electrons. The number of ether oxygens (including phenoxy) is 1. The van der Waals surface area contributed by atoms with Gasteiger partial charge in [0.25, 0.3) is 5.91 Å². The third-order valence-electron chi connectivity index (χ3n) is 2.14. The van der Waals surface area contributed by atoms with E-state index < -0.39 is 18.0 Å². The highest BCUT2D eigenvalue weighted by Crippen LogP contribution is 2.22. The summed E-state index contributed by atoms with van der Waals surface area (Å²) in [6.07, 6.45) is -1.02. The highest BCUT2D eigenvalue weighted by molar-refractivity contribution is 5.94. The van der Waals surface area contributed by atoms with Crippen LogP contribution in [0.15, 0.2) is 18.2 Å². The van der Waals surface area contributed by atoms with Crippen LogP contribution in [0, 0.1) is 6.92 Å². The molecule has 0 aromatic heterocycles. The fourth-order valence-corrected chi connectivity index (χ4v) is 1.11. The van der Waals surface area contributed by atoms with Gasteiger partial charge in [-0.15, -0.1) is 0 Å². The van der Waals surface area contributed by atoms with Crippen LogP contribution in [0.25, 0.3) is 0 Å². The highest BCUT2D eigenvalue weighted by Gasteiger charge is 2.19. The van der Waals surface area contributed by atoms with Crippen molar-refractivity contribution >= 4 is 11.9 Å². The van der Waals surface area contributed by atoms with Gasteiger partial charge in [0, 0.05) is 0 Å². The molecular weight excluding hydrogens is 210 g/mol. The van der Waals surface area contributed by atoms with Crippen molar-refractivity contribution in [3.05, 3.63) is 29.3 Å². The first-order chi connectivity index (χ1) is 7.43. The molecule has 0 heterocycles. The predicted octanol–water partition coefficient (Wildman–Crippen LogP) is 0.731. The Morgan fingerprint density at radius 3 is 2.62 bits per heavy atom. The van der Waals surface area contributed by atoms with E-state index in [-0.39, 0.29) is 11.3 Å². The first kappa shape index (κ1) is 12.0. The quantitative estimate of drug-likeness (QED) is 0.739. The summed E-state index contributed by atoms with van der Waals surface area (Å²) in [6, 6.07) is 4.68. The van der Waals surface area contributed by atoms with Gasteiger partial charge in [-0.3, -0.25) is 4.79 Å². The molecular formula is C11H13NO4. The molecule has 1 amide bonds. The van der Waals surface area contributed by atoms with Gasteiger partial charge in [0.05, 0.1) is 0 Å². The van der Waals surface area contributed by atoms with Crippen molar-refractivity contribution in [2.75, 3.05) is 0 Å². The number of carbonyl (C=O) groups excluding carboxylic acids is 2. The van der Waals surface area contributed by atoms with E-state index in [9.17, 15) is 14.7 Å². The van der Waals surface area contributed by atoms with Gasteiger partial charge in [-0.1, -0.05) is 12.1 Å². The second-order valence-corrected chi connectivity index (χ2v) is 3.42. The Hall–Kier alpha value is -2.04. The van der Waals surface area contributed by atoms with Gasteiger partial charge in [-0.05, 0) is 25.5 Å². The van der Waals surface area contributed by atoms with Crippen LogP contribution in [-0.4, -0.2) is 23.1 Å². The topological polar surface area (TPSA) is 89.6 Å². The zero-order chi connectivity index (χ0) is 12.3. The molecule has 0 radical (unpaired) electrons. The molecule has 1 atom stereocenters. The van der Waals surface area contributed by atoms with Crippen molar-refractivity contribution in [1.82, 2.24) is 0 Å². The average molecular weight is 223 g/mol. The number of aryl methyl sites for hydroxylation is 1. The first-order valence-electron chi connectivity index (χ1n) is 4.72. The van der Waals surface area contributed by atoms with Crippen molar-refractivity contribution < 1.29 is 19.4 Å². The molecule has 0 aliphatic carbocycles. The largest absolute Gasteiger partial charge is 0.507 e. The minimum absolute atomic E-state index is 0.0214. The summed E-state index contributed by atoms with van der Waals surface area (Å²) in [5, 5.41) is 9.60. The standard InChI is InChI=1S/C11H13NO4/c1-6-4-3-5-8(9(6)13)11(15)16-7(2)10(12)14/h3-5,7,13H,1-2H3,(H2,12,14). The Morgan fingerprint density at radius 1 is 1.44 bits per heavy atom. The number of aromatic hydroxyl groups is 1. The van der Waals surface area contributed by atoms with Crippen LogP contribution in [0.5, 0.6) is 5.75 Å². The van der Waals surface area contributed by atoms with E-state index in [0.29, 0.717) is 5.56 Å². The van der Waals surface area contributed by atoms with E-state index >= 15 is 0 Å². The third-order valence-corrected chi connectivity index (χ3v) is 2.14. The fraction of sp³-hybridized carbons (Fsp3) is 0.273. The van der Waals surface area contributed by atoms with Crippen LogP contribution in [0.3, 0.4) is 0 Å². The monoisotopic (exact) mass is 223 g/mol. The lowest BCUT2D eigenvalue weighted by molar-refractivity contribution is -0.125. The molecule has 0 fully saturated rings. The minimum atomic E-state index is -1.02. The molecule has 3 N–H and O–H groups in total. The average Bonchev–Trinajstić information content (AvgIpc) is 2.21. The van der Waals surface area contributed by atoms with Gasteiger partial charge in [0.1, 0.15) is 11.3 Å². The van der Waals surface area contributed by atoms with Crippen molar-refractivity contribution in [3.8, 4) is 5.75 Å². The number of nitrogens with two attached hydrogens (primary N) is 1. The number of carbonyl (C=O) groups is 2. The van der Waals surface area contributed by atoms with Crippen molar-refractivity contribution in [2.45, 2.75) is 20.0 Å². The summed E-state index contributed by atoms with van der Waals surface area (Å²) in [5.41, 5.74) is 5.53. The van der Waals surface area contributed by atoms with Gasteiger partial charge in [-0.25, -0.2) is 4.79 Å². The number of phenols is 1. The zero-order valence-corrected chi connectivity index (χ0v) is 9.06. The molecule has 5 nitrogen and oxygen atoms in total. The Bertz CT molecular complexity index is 428. The number of hydrogen-bond acceptors (Lipinski definition) is 4. The normalized spacial score (nSPS) is 11.9. The molecule has 1 aromatic rings. The lowest BCUT2D eigenvalue weighted by Gasteiger charge is -2.11. The Balaban J connectivity index is 2.89. The van der Waals surface area contributed by atoms with Crippen LogP contribution in [-0.2, 0) is 9.53 Å². The van der Waals surface area contributed by atoms with Crippen molar-refractivity contribution in [1.29, 1.82) is 0 Å². The van der Waals surface area contributed by atoms with E-state index in [0.717, 1.165) is 0 Å². The van der Waals surface area contributed by atoms with E-state index in [1.165, 1.54) is 13.0 Å². The maximum Gasteiger partial charge on any atom is 0.342 e. The Morgan fingerprint density at radius 2 is 2.06 bits per heavy atom. The van der Waals surface area contributed by atoms with Gasteiger partial charge < -0.3 is 15.6 Å². The molecule has 1 unspecified atom stereocenters. The van der Waals surface area contributed by atoms with Gasteiger partial charge in [0.15, 0.2) is 6.10 Å². The van der Waals surface area contributed by atoms with E-state index in [4.69, 9.17) is 10.5 Å². The summed E-state index contributed by atoms with van der Waals surface area (Å²) in [5.74, 6) is -1.66. The second-order valence-electron chi connectivity index (χ2n) is 3.42. The SMILES string of the molecule is Cc1cccc(C(=O)OC(C)C(N)=O)c1O. The molecule has 0 saturated carbocycles. The number of benzene rings is 1. The van der Waals surface area contributed by atoms with Crippen LogP contribution >= 0.6 is 0 Å². The number of rotatable bonds is 3. The number of para-hydroxylation sites is 1. The van der Waals surface area contributed by atoms with E-state index in [2.05, 4.69) is 0 Å². The maximum atomic E-state index is 11.5. The molecule has 0 bridgehead atoms. The molecule has 0 saturated heterocycles. The van der Waals surface area contributed by atoms with Crippen LogP contribution in [0.1, 0.15) is 22.8 Å². The number of phenolic OH excluding ortho intramolecular Hbond substituents is 1. The second kappa shape index (κ2) is 4.65. The molecule has 0 spiro atoms. The maximum absolute atomic E-state index is 11.5. The number of primary amides is 1. The van der Waals surface area contributed by atoms with Crippen LogP contribution < -0.4 is 5.73 Å². The Kier molecular flexibility index (Phi) is 3.50. The van der Waals surface area contributed by atoms with E-state index in [1.54, 1.807) is 19.1 Å². The minimum Gasteiger partial charge on any atom is -0.507 e. The van der Waals surface area contributed by atoms with Gasteiger partial charge in [-0.2, -0.15) is 0 Å². The number of esters is 1. The number of hydrogen-bond donors (Lipinski definition) is 2. The summed E-state index contributed by atoms with van der Waals surface area (Å²) in [7, 11) is 0. The molecule has 5 heteroatoms. The molecule has 0 aliphatic rings. The Labute approximate surface area is 92.8 Å². The number of amides is 1. The lowest BCUT2D eigenvalue weighted by Crippen LogP contribution is -2.30.